The van der Waals surface area contributed by atoms with Crippen LogP contribution in [0.4, 0.5) is 5.69 Å². The standard InChI is InChI=1S/C22H22Cl2N4O2/c1-14-8-9-16(11-19(14)24)25-22(29)15-5-4-10-28(12-15)13-20-26-21(27-30-20)17-6-2-3-7-18(17)23/h2-3,6-9,11,15H,4-5,10,12-13H2,1H3,(H,25,29). The highest BCUT2D eigenvalue weighted by atomic mass is 35.5. The molecule has 0 spiro atoms. The molecule has 1 aliphatic rings. The Kier molecular flexibility index (Phi) is 6.37. The van der Waals surface area contributed by atoms with Crippen LogP contribution in [0.2, 0.25) is 10.0 Å². The minimum absolute atomic E-state index is 0.00176. The van der Waals surface area contributed by atoms with E-state index >= 15 is 0 Å². The zero-order chi connectivity index (χ0) is 21.1. The second kappa shape index (κ2) is 9.16. The molecule has 1 aromatic heterocycles. The molecule has 0 saturated carbocycles. The van der Waals surface area contributed by atoms with E-state index in [0.29, 0.717) is 40.5 Å². The molecule has 156 valence electrons. The number of carbonyl (C=O) groups excluding carboxylic acids is 1. The molecule has 1 fully saturated rings. The molecular formula is C22H22Cl2N4O2. The van der Waals surface area contributed by atoms with Crippen molar-refractivity contribution in [3.8, 4) is 11.4 Å². The normalized spacial score (nSPS) is 17.1. The van der Waals surface area contributed by atoms with Gasteiger partial charge < -0.3 is 9.84 Å². The number of hydrogen-bond donors (Lipinski definition) is 1. The Labute approximate surface area is 185 Å². The van der Waals surface area contributed by atoms with E-state index in [4.69, 9.17) is 27.7 Å². The van der Waals surface area contributed by atoms with Crippen molar-refractivity contribution in [2.24, 2.45) is 5.92 Å². The highest BCUT2D eigenvalue weighted by Crippen LogP contribution is 2.26. The van der Waals surface area contributed by atoms with Gasteiger partial charge in [0.25, 0.3) is 0 Å². The second-order valence-corrected chi connectivity index (χ2v) is 8.33. The van der Waals surface area contributed by atoms with Crippen LogP contribution < -0.4 is 5.32 Å². The monoisotopic (exact) mass is 444 g/mol. The first-order chi connectivity index (χ1) is 14.5. The first kappa shape index (κ1) is 20.8. The van der Waals surface area contributed by atoms with Gasteiger partial charge in [0, 0.05) is 22.8 Å². The van der Waals surface area contributed by atoms with Gasteiger partial charge in [0.2, 0.25) is 17.6 Å². The van der Waals surface area contributed by atoms with Gasteiger partial charge >= 0.3 is 0 Å². The van der Waals surface area contributed by atoms with Crippen LogP contribution in [-0.2, 0) is 11.3 Å². The molecule has 1 amide bonds. The number of rotatable bonds is 5. The van der Waals surface area contributed by atoms with Crippen molar-refractivity contribution in [1.29, 1.82) is 0 Å². The maximum Gasteiger partial charge on any atom is 0.241 e. The van der Waals surface area contributed by atoms with E-state index in [-0.39, 0.29) is 11.8 Å². The summed E-state index contributed by atoms with van der Waals surface area (Å²) in [4.78, 5) is 19.4. The molecular weight excluding hydrogens is 423 g/mol. The maximum absolute atomic E-state index is 12.7. The molecule has 4 rings (SSSR count). The van der Waals surface area contributed by atoms with Crippen LogP contribution >= 0.6 is 23.2 Å². The van der Waals surface area contributed by atoms with Gasteiger partial charge in [0.15, 0.2) is 0 Å². The van der Waals surface area contributed by atoms with Crippen LogP contribution in [0.5, 0.6) is 0 Å². The van der Waals surface area contributed by atoms with E-state index < -0.39 is 0 Å². The van der Waals surface area contributed by atoms with Crippen molar-refractivity contribution >= 4 is 34.8 Å². The summed E-state index contributed by atoms with van der Waals surface area (Å²) in [5.74, 6) is 0.876. The largest absolute Gasteiger partial charge is 0.338 e. The Hall–Kier alpha value is -2.41. The average Bonchev–Trinajstić information content (AvgIpc) is 3.19. The molecule has 0 bridgehead atoms. The molecule has 1 aliphatic heterocycles. The van der Waals surface area contributed by atoms with Gasteiger partial charge in [-0.1, -0.05) is 46.6 Å². The van der Waals surface area contributed by atoms with E-state index in [1.807, 2.05) is 37.3 Å². The zero-order valence-electron chi connectivity index (χ0n) is 16.6. The third kappa shape index (κ3) is 4.83. The van der Waals surface area contributed by atoms with E-state index in [9.17, 15) is 4.79 Å². The zero-order valence-corrected chi connectivity index (χ0v) is 18.1. The van der Waals surface area contributed by atoms with E-state index in [2.05, 4.69) is 20.4 Å². The fourth-order valence-electron chi connectivity index (χ4n) is 3.59. The van der Waals surface area contributed by atoms with Crippen molar-refractivity contribution < 1.29 is 9.32 Å². The first-order valence-corrected chi connectivity index (χ1v) is 10.6. The lowest BCUT2D eigenvalue weighted by atomic mass is 9.97. The molecule has 1 saturated heterocycles. The molecule has 2 aromatic carbocycles. The number of nitrogens with zero attached hydrogens (tertiary/aromatic N) is 3. The topological polar surface area (TPSA) is 71.3 Å². The van der Waals surface area contributed by atoms with Crippen LogP contribution in [0.3, 0.4) is 0 Å². The van der Waals surface area contributed by atoms with Crippen molar-refractivity contribution in [2.75, 3.05) is 18.4 Å². The third-order valence-electron chi connectivity index (χ3n) is 5.26. The van der Waals surface area contributed by atoms with Gasteiger partial charge in [-0.3, -0.25) is 9.69 Å². The number of piperidine rings is 1. The highest BCUT2D eigenvalue weighted by Gasteiger charge is 2.27. The Morgan fingerprint density at radius 1 is 1.23 bits per heavy atom. The van der Waals surface area contributed by atoms with Crippen molar-refractivity contribution in [3.05, 3.63) is 64.0 Å². The summed E-state index contributed by atoms with van der Waals surface area (Å²) < 4.78 is 5.42. The van der Waals surface area contributed by atoms with Gasteiger partial charge in [-0.25, -0.2) is 0 Å². The second-order valence-electron chi connectivity index (χ2n) is 7.52. The number of benzene rings is 2. The molecule has 1 N–H and O–H groups in total. The van der Waals surface area contributed by atoms with E-state index in [1.54, 1.807) is 12.1 Å². The summed E-state index contributed by atoms with van der Waals surface area (Å²) in [6.45, 7) is 3.94. The molecule has 0 aliphatic carbocycles. The number of carbonyl (C=O) groups is 1. The predicted octanol–water partition coefficient (Wildman–Crippen LogP) is 5.20. The summed E-state index contributed by atoms with van der Waals surface area (Å²) in [6, 6.07) is 12.9. The summed E-state index contributed by atoms with van der Waals surface area (Å²) >= 11 is 12.4. The molecule has 8 heteroatoms. The average molecular weight is 445 g/mol. The predicted molar refractivity (Wildman–Crippen MR) is 118 cm³/mol. The Morgan fingerprint density at radius 2 is 2.07 bits per heavy atom. The molecule has 6 nitrogen and oxygen atoms in total. The first-order valence-electron chi connectivity index (χ1n) is 9.86. The van der Waals surface area contributed by atoms with Crippen molar-refractivity contribution in [2.45, 2.75) is 26.3 Å². The van der Waals surface area contributed by atoms with Gasteiger partial charge in [0.1, 0.15) is 0 Å². The Morgan fingerprint density at radius 3 is 2.87 bits per heavy atom. The molecule has 30 heavy (non-hydrogen) atoms. The number of aromatic nitrogens is 2. The molecule has 3 aromatic rings. The molecule has 0 radical (unpaired) electrons. The third-order valence-corrected chi connectivity index (χ3v) is 5.99. The number of anilines is 1. The van der Waals surface area contributed by atoms with Crippen molar-refractivity contribution in [3.63, 3.8) is 0 Å². The van der Waals surface area contributed by atoms with Crippen LogP contribution in [0.25, 0.3) is 11.4 Å². The fraction of sp³-hybridized carbons (Fsp3) is 0.318. The quantitative estimate of drug-likeness (QED) is 0.585. The number of hydrogen-bond acceptors (Lipinski definition) is 5. The van der Waals surface area contributed by atoms with Gasteiger partial charge in [-0.2, -0.15) is 4.98 Å². The lowest BCUT2D eigenvalue weighted by Crippen LogP contribution is -2.40. The lowest BCUT2D eigenvalue weighted by molar-refractivity contribution is -0.121. The minimum Gasteiger partial charge on any atom is -0.338 e. The van der Waals surface area contributed by atoms with E-state index in [0.717, 1.165) is 30.5 Å². The highest BCUT2D eigenvalue weighted by molar-refractivity contribution is 6.33. The van der Waals surface area contributed by atoms with Crippen LogP contribution in [-0.4, -0.2) is 34.0 Å². The number of aryl methyl sites for hydroxylation is 1. The summed E-state index contributed by atoms with van der Waals surface area (Å²) in [5, 5.41) is 8.25. The van der Waals surface area contributed by atoms with Gasteiger partial charge in [-0.15, -0.1) is 0 Å². The summed E-state index contributed by atoms with van der Waals surface area (Å²) in [6.07, 6.45) is 1.77. The smallest absolute Gasteiger partial charge is 0.241 e. The number of likely N-dealkylation sites (tertiary alicyclic amines) is 1. The summed E-state index contributed by atoms with van der Waals surface area (Å²) in [7, 11) is 0. The van der Waals surface area contributed by atoms with Gasteiger partial charge in [-0.05, 0) is 56.1 Å². The minimum atomic E-state index is -0.107. The maximum atomic E-state index is 12.7. The Bertz CT molecular complexity index is 1050. The van der Waals surface area contributed by atoms with Crippen LogP contribution in [0, 0.1) is 12.8 Å². The fourth-order valence-corrected chi connectivity index (χ4v) is 3.99. The lowest BCUT2D eigenvalue weighted by Gasteiger charge is -2.30. The molecule has 1 atom stereocenters. The SMILES string of the molecule is Cc1ccc(NC(=O)C2CCCN(Cc3nc(-c4ccccc4Cl)no3)C2)cc1Cl. The summed E-state index contributed by atoms with van der Waals surface area (Å²) in [5.41, 5.74) is 2.44. The van der Waals surface area contributed by atoms with Gasteiger partial charge in [0.05, 0.1) is 17.5 Å². The van der Waals surface area contributed by atoms with Crippen LogP contribution in [0.1, 0.15) is 24.3 Å². The molecule has 2 heterocycles. The number of nitrogens with one attached hydrogen (secondary N) is 1. The Balaban J connectivity index is 1.38. The molecule has 1 unspecified atom stereocenters. The van der Waals surface area contributed by atoms with E-state index in [1.165, 1.54) is 0 Å². The van der Waals surface area contributed by atoms with Crippen molar-refractivity contribution in [1.82, 2.24) is 15.0 Å². The van der Waals surface area contributed by atoms with Crippen LogP contribution in [0.15, 0.2) is 47.0 Å². The number of amides is 1. The number of halogens is 2.